The summed E-state index contributed by atoms with van der Waals surface area (Å²) in [6.07, 6.45) is 0.647. The predicted octanol–water partition coefficient (Wildman–Crippen LogP) is 2.11. The minimum atomic E-state index is -0.547. The topological polar surface area (TPSA) is 62.2 Å². The Morgan fingerprint density at radius 3 is 2.75 bits per heavy atom. The second kappa shape index (κ2) is 6.88. The van der Waals surface area contributed by atoms with Crippen LogP contribution in [0.3, 0.4) is 0 Å². The molecule has 24 heavy (non-hydrogen) atoms. The molecule has 0 spiro atoms. The fraction of sp³-hybridized carbons (Fsp3) is 0.562. The average Bonchev–Trinajstić information content (AvgIpc) is 3.13. The molecule has 3 heterocycles. The molecule has 6 nitrogen and oxygen atoms in total. The maximum absolute atomic E-state index is 13.2. The molecule has 0 radical (unpaired) electrons. The Bertz CT molecular complexity index is 675. The van der Waals surface area contributed by atoms with Crippen molar-refractivity contribution in [1.29, 1.82) is 0 Å². The van der Waals surface area contributed by atoms with E-state index in [2.05, 4.69) is 5.16 Å². The van der Waals surface area contributed by atoms with Crippen molar-refractivity contribution < 1.29 is 18.8 Å². The van der Waals surface area contributed by atoms with Gasteiger partial charge in [-0.15, -0.1) is 11.3 Å². The van der Waals surface area contributed by atoms with Crippen molar-refractivity contribution in [3.63, 3.8) is 0 Å². The first-order valence-corrected chi connectivity index (χ1v) is 8.81. The van der Waals surface area contributed by atoms with Crippen LogP contribution < -0.4 is 0 Å². The third kappa shape index (κ3) is 3.43. The summed E-state index contributed by atoms with van der Waals surface area (Å²) in [5, 5.41) is 3.46. The van der Waals surface area contributed by atoms with Crippen molar-refractivity contribution in [1.82, 2.24) is 9.80 Å². The van der Waals surface area contributed by atoms with Crippen LogP contribution in [-0.2, 0) is 9.63 Å². The quantitative estimate of drug-likeness (QED) is 0.818. The lowest BCUT2D eigenvalue weighted by atomic mass is 10.1. The Balaban J connectivity index is 1.65. The first-order valence-electron chi connectivity index (χ1n) is 8.00. The number of amides is 2. The van der Waals surface area contributed by atoms with E-state index in [0.29, 0.717) is 37.4 Å². The summed E-state index contributed by atoms with van der Waals surface area (Å²) in [5.74, 6) is -0.263. The fourth-order valence-electron chi connectivity index (χ4n) is 2.98. The minimum Gasteiger partial charge on any atom is -0.382 e. The summed E-state index contributed by atoms with van der Waals surface area (Å²) in [5.41, 5.74) is 0.813. The van der Waals surface area contributed by atoms with E-state index in [1.165, 1.54) is 12.1 Å². The predicted molar refractivity (Wildman–Crippen MR) is 88.6 cm³/mol. The molecule has 2 aliphatic heterocycles. The summed E-state index contributed by atoms with van der Waals surface area (Å²) in [6.45, 7) is 5.23. The zero-order chi connectivity index (χ0) is 17.3. The van der Waals surface area contributed by atoms with E-state index in [0.717, 1.165) is 17.0 Å². The molecular formula is C16H20FN3O3S. The molecule has 2 amide bonds. The number of halogens is 1. The lowest BCUT2D eigenvalue weighted by Crippen LogP contribution is -2.42. The monoisotopic (exact) mass is 353 g/mol. The van der Waals surface area contributed by atoms with Gasteiger partial charge in [0.1, 0.15) is 0 Å². The number of rotatable bonds is 2. The molecule has 2 aliphatic rings. The lowest BCUT2D eigenvalue weighted by molar-refractivity contribution is -0.141. The standard InChI is InChI=1S/C16H20FN3O3S/c1-10-9-12(23-18-10)15(21)19-6-5-11(2)20(8-7-19)16(22)13-3-4-14(17)24-13/h3-4,11-12H,5-9H2,1-2H3. The van der Waals surface area contributed by atoms with Gasteiger partial charge in [0.05, 0.1) is 10.6 Å². The van der Waals surface area contributed by atoms with Crippen LogP contribution in [0.25, 0.3) is 0 Å². The first-order chi connectivity index (χ1) is 11.5. The van der Waals surface area contributed by atoms with Gasteiger partial charge in [0.2, 0.25) is 6.10 Å². The second-order valence-electron chi connectivity index (χ2n) is 6.19. The minimum absolute atomic E-state index is 0.0112. The van der Waals surface area contributed by atoms with Gasteiger partial charge in [0.15, 0.2) is 5.13 Å². The highest BCUT2D eigenvalue weighted by molar-refractivity contribution is 7.12. The van der Waals surface area contributed by atoms with Gasteiger partial charge >= 0.3 is 0 Å². The van der Waals surface area contributed by atoms with Crippen molar-refractivity contribution >= 4 is 28.9 Å². The second-order valence-corrected chi connectivity index (χ2v) is 7.22. The molecule has 0 N–H and O–H groups in total. The van der Waals surface area contributed by atoms with Gasteiger partial charge in [-0.1, -0.05) is 5.16 Å². The normalized spacial score (nSPS) is 24.4. The molecular weight excluding hydrogens is 333 g/mol. The van der Waals surface area contributed by atoms with Crippen LogP contribution in [0, 0.1) is 5.13 Å². The van der Waals surface area contributed by atoms with E-state index in [-0.39, 0.29) is 23.0 Å². The van der Waals surface area contributed by atoms with E-state index < -0.39 is 6.10 Å². The van der Waals surface area contributed by atoms with Crippen molar-refractivity contribution in [2.45, 2.75) is 38.8 Å². The summed E-state index contributed by atoms with van der Waals surface area (Å²) < 4.78 is 13.2. The van der Waals surface area contributed by atoms with Crippen molar-refractivity contribution in [2.75, 3.05) is 19.6 Å². The van der Waals surface area contributed by atoms with E-state index in [1.807, 2.05) is 13.8 Å². The molecule has 1 aromatic rings. The maximum Gasteiger partial charge on any atom is 0.266 e. The summed E-state index contributed by atoms with van der Waals surface area (Å²) in [6, 6.07) is 2.80. The van der Waals surface area contributed by atoms with Gasteiger partial charge < -0.3 is 14.6 Å². The molecule has 1 fully saturated rings. The summed E-state index contributed by atoms with van der Waals surface area (Å²) in [4.78, 5) is 34.1. The number of hydrogen-bond acceptors (Lipinski definition) is 5. The van der Waals surface area contributed by atoms with Crippen LogP contribution in [-0.4, -0.2) is 59.1 Å². The Labute approximate surface area is 143 Å². The van der Waals surface area contributed by atoms with Crippen LogP contribution >= 0.6 is 11.3 Å². The maximum atomic E-state index is 13.2. The average molecular weight is 353 g/mol. The summed E-state index contributed by atoms with van der Waals surface area (Å²) >= 11 is 0.852. The molecule has 8 heteroatoms. The molecule has 2 unspecified atom stereocenters. The van der Waals surface area contributed by atoms with Crippen LogP contribution in [0.1, 0.15) is 36.4 Å². The molecule has 0 saturated carbocycles. The number of thiophene rings is 1. The lowest BCUT2D eigenvalue weighted by Gasteiger charge is -2.26. The molecule has 0 aliphatic carbocycles. The van der Waals surface area contributed by atoms with Gasteiger partial charge in [0, 0.05) is 32.1 Å². The molecule has 1 aromatic heterocycles. The Morgan fingerprint density at radius 2 is 2.12 bits per heavy atom. The van der Waals surface area contributed by atoms with Crippen molar-refractivity contribution in [2.24, 2.45) is 5.16 Å². The number of carbonyl (C=O) groups excluding carboxylic acids is 2. The van der Waals surface area contributed by atoms with Crippen molar-refractivity contribution in [3.8, 4) is 0 Å². The Hall–Kier alpha value is -1.96. The fourth-order valence-corrected chi connectivity index (χ4v) is 3.67. The number of oxime groups is 1. The van der Waals surface area contributed by atoms with Gasteiger partial charge in [-0.3, -0.25) is 9.59 Å². The molecule has 3 rings (SSSR count). The van der Waals surface area contributed by atoms with E-state index in [4.69, 9.17) is 4.84 Å². The first kappa shape index (κ1) is 16.9. The highest BCUT2D eigenvalue weighted by atomic mass is 32.1. The van der Waals surface area contributed by atoms with Crippen LogP contribution in [0.4, 0.5) is 4.39 Å². The Kier molecular flexibility index (Phi) is 4.84. The van der Waals surface area contributed by atoms with Crippen LogP contribution in [0.15, 0.2) is 17.3 Å². The van der Waals surface area contributed by atoms with Gasteiger partial charge in [-0.2, -0.15) is 4.39 Å². The van der Waals surface area contributed by atoms with Gasteiger partial charge in [-0.05, 0) is 32.4 Å². The van der Waals surface area contributed by atoms with Crippen LogP contribution in [0.2, 0.25) is 0 Å². The number of nitrogens with zero attached hydrogens (tertiary/aromatic N) is 3. The SMILES string of the molecule is CC1=NOC(C(=O)N2CCC(C)N(C(=O)c3ccc(F)s3)CC2)C1. The molecule has 0 bridgehead atoms. The van der Waals surface area contributed by atoms with Crippen LogP contribution in [0.5, 0.6) is 0 Å². The summed E-state index contributed by atoms with van der Waals surface area (Å²) in [7, 11) is 0. The largest absolute Gasteiger partial charge is 0.382 e. The van der Waals surface area contributed by atoms with E-state index in [9.17, 15) is 14.0 Å². The number of hydrogen-bond donors (Lipinski definition) is 0. The zero-order valence-electron chi connectivity index (χ0n) is 13.7. The molecule has 0 aromatic carbocycles. The highest BCUT2D eigenvalue weighted by Crippen LogP contribution is 2.21. The highest BCUT2D eigenvalue weighted by Gasteiger charge is 2.33. The zero-order valence-corrected chi connectivity index (χ0v) is 14.5. The third-order valence-electron chi connectivity index (χ3n) is 4.41. The van der Waals surface area contributed by atoms with E-state index >= 15 is 0 Å². The Morgan fingerprint density at radius 1 is 1.33 bits per heavy atom. The van der Waals surface area contributed by atoms with Gasteiger partial charge in [-0.25, -0.2) is 0 Å². The number of carbonyl (C=O) groups is 2. The van der Waals surface area contributed by atoms with E-state index in [1.54, 1.807) is 9.80 Å². The molecule has 2 atom stereocenters. The van der Waals surface area contributed by atoms with Gasteiger partial charge in [0.25, 0.3) is 11.8 Å². The van der Waals surface area contributed by atoms with Crippen molar-refractivity contribution in [3.05, 3.63) is 22.1 Å². The third-order valence-corrected chi connectivity index (χ3v) is 5.27. The molecule has 1 saturated heterocycles. The smallest absolute Gasteiger partial charge is 0.266 e. The molecule has 130 valence electrons.